The molecule has 0 saturated heterocycles. The molecule has 0 unspecified atom stereocenters. The highest BCUT2D eigenvalue weighted by Gasteiger charge is 2.22. The lowest BCUT2D eigenvalue weighted by molar-refractivity contribution is -0.135. The summed E-state index contributed by atoms with van der Waals surface area (Å²) in [6.45, 7) is 0.246. The van der Waals surface area contributed by atoms with E-state index in [0.717, 1.165) is 0 Å². The number of ether oxygens (including phenoxy) is 2. The van der Waals surface area contributed by atoms with Gasteiger partial charge in [0.25, 0.3) is 0 Å². The van der Waals surface area contributed by atoms with Gasteiger partial charge in [-0.3, -0.25) is 0 Å². The van der Waals surface area contributed by atoms with Gasteiger partial charge in [-0.25, -0.2) is 4.79 Å². The Hall–Kier alpha value is -0.510. The van der Waals surface area contributed by atoms with Gasteiger partial charge in [-0.1, -0.05) is 0 Å². The molecule has 3 nitrogen and oxygen atoms in total. The van der Waals surface area contributed by atoms with E-state index in [1.54, 1.807) is 0 Å². The van der Waals surface area contributed by atoms with Crippen molar-refractivity contribution < 1.29 is 14.3 Å². The summed E-state index contributed by atoms with van der Waals surface area (Å²) in [5.41, 5.74) is 0. The smallest absolute Gasteiger partial charge is 0.349 e. The van der Waals surface area contributed by atoms with E-state index >= 15 is 0 Å². The van der Waals surface area contributed by atoms with E-state index in [1.165, 1.54) is 7.11 Å². The van der Waals surface area contributed by atoms with Gasteiger partial charge in [0, 0.05) is 0 Å². The summed E-state index contributed by atoms with van der Waals surface area (Å²) in [6.07, 6.45) is 0. The maximum absolute atomic E-state index is 10.5. The molecule has 0 amide bonds. The molecule has 0 aliphatic carbocycles. The number of hydrogen-bond donors (Lipinski definition) is 0. The van der Waals surface area contributed by atoms with Crippen molar-refractivity contribution in [3.8, 4) is 0 Å². The molecule has 4 heteroatoms. The van der Waals surface area contributed by atoms with Crippen LogP contribution in [0.2, 0.25) is 0 Å². The second kappa shape index (κ2) is 2.39. The van der Waals surface area contributed by atoms with Crippen LogP contribution < -0.4 is 0 Å². The van der Waals surface area contributed by atoms with Crippen LogP contribution >= 0.6 is 15.9 Å². The highest BCUT2D eigenvalue weighted by Crippen LogP contribution is 2.20. The van der Waals surface area contributed by atoms with Crippen LogP contribution in [-0.4, -0.2) is 19.7 Å². The van der Waals surface area contributed by atoms with E-state index in [2.05, 4.69) is 20.7 Å². The minimum absolute atomic E-state index is 0.246. The van der Waals surface area contributed by atoms with Gasteiger partial charge in [-0.2, -0.15) is 0 Å². The summed E-state index contributed by atoms with van der Waals surface area (Å²) in [5, 5.41) is 0. The van der Waals surface area contributed by atoms with Crippen molar-refractivity contribution >= 4 is 21.9 Å². The quantitative estimate of drug-likeness (QED) is 0.577. The molecule has 50 valence electrons. The molecule has 1 rings (SSSR count). The average molecular weight is 193 g/mol. The van der Waals surface area contributed by atoms with E-state index in [4.69, 9.17) is 4.74 Å². The largest absolute Gasteiger partial charge is 0.496 e. The molecule has 1 aliphatic heterocycles. The molecular weight excluding hydrogens is 188 g/mol. The van der Waals surface area contributed by atoms with Crippen molar-refractivity contribution in [2.75, 3.05) is 13.7 Å². The molecule has 0 N–H and O–H groups in total. The third-order valence-corrected chi connectivity index (χ3v) is 1.77. The molecule has 1 aliphatic rings. The Kier molecular flexibility index (Phi) is 1.75. The Labute approximate surface area is 60.8 Å². The minimum Gasteiger partial charge on any atom is -0.496 e. The fraction of sp³-hybridized carbons (Fsp3) is 0.400. The van der Waals surface area contributed by atoms with Gasteiger partial charge in [0.15, 0.2) is 12.4 Å². The number of carbonyl (C=O) groups is 1. The maximum atomic E-state index is 10.5. The molecule has 0 aromatic carbocycles. The number of rotatable bonds is 1. The van der Waals surface area contributed by atoms with Crippen LogP contribution in [0.4, 0.5) is 0 Å². The molecule has 0 spiro atoms. The lowest BCUT2D eigenvalue weighted by Gasteiger charge is -1.94. The Morgan fingerprint density at radius 2 is 2.44 bits per heavy atom. The summed E-state index contributed by atoms with van der Waals surface area (Å²) >= 11 is 3.01. The van der Waals surface area contributed by atoms with Gasteiger partial charge in [-0.05, 0) is 15.9 Å². The van der Waals surface area contributed by atoms with Crippen LogP contribution in [0.5, 0.6) is 0 Å². The van der Waals surface area contributed by atoms with E-state index in [9.17, 15) is 4.79 Å². The fourth-order valence-corrected chi connectivity index (χ4v) is 0.911. The van der Waals surface area contributed by atoms with Crippen LogP contribution in [0.15, 0.2) is 10.2 Å². The van der Waals surface area contributed by atoms with Gasteiger partial charge in [0.05, 0.1) is 7.11 Å². The zero-order chi connectivity index (χ0) is 6.85. The second-order valence-electron chi connectivity index (χ2n) is 1.52. The Morgan fingerprint density at radius 1 is 1.78 bits per heavy atom. The second-order valence-corrected chi connectivity index (χ2v) is 2.31. The summed E-state index contributed by atoms with van der Waals surface area (Å²) in [6, 6.07) is 0. The molecule has 0 saturated carbocycles. The normalized spacial score (nSPS) is 18.2. The molecule has 0 aromatic heterocycles. The van der Waals surface area contributed by atoms with Crippen molar-refractivity contribution in [1.82, 2.24) is 0 Å². The van der Waals surface area contributed by atoms with Crippen LogP contribution in [0, 0.1) is 0 Å². The predicted molar refractivity (Wildman–Crippen MR) is 33.9 cm³/mol. The Morgan fingerprint density at radius 3 is 2.67 bits per heavy atom. The van der Waals surface area contributed by atoms with E-state index < -0.39 is 0 Å². The zero-order valence-corrected chi connectivity index (χ0v) is 6.40. The van der Waals surface area contributed by atoms with Crippen molar-refractivity contribution in [1.29, 1.82) is 0 Å². The Balaban J connectivity index is 2.79. The van der Waals surface area contributed by atoms with E-state index in [1.807, 2.05) is 0 Å². The van der Waals surface area contributed by atoms with Gasteiger partial charge in [0.1, 0.15) is 4.48 Å². The minimum atomic E-state index is -0.355. The highest BCUT2D eigenvalue weighted by atomic mass is 79.9. The lowest BCUT2D eigenvalue weighted by Crippen LogP contribution is -1.93. The molecule has 0 radical (unpaired) electrons. The first kappa shape index (κ1) is 6.61. The van der Waals surface area contributed by atoms with Crippen LogP contribution in [0.1, 0.15) is 0 Å². The molecule has 9 heavy (non-hydrogen) atoms. The summed E-state index contributed by atoms with van der Waals surface area (Å²) in [5.74, 6) is 0.201. The van der Waals surface area contributed by atoms with Crippen LogP contribution in [0.25, 0.3) is 0 Å². The average Bonchev–Trinajstić information content (AvgIpc) is 2.15. The van der Waals surface area contributed by atoms with Crippen LogP contribution in [0.3, 0.4) is 0 Å². The number of carbonyl (C=O) groups excluding carboxylic acids is 1. The monoisotopic (exact) mass is 192 g/mol. The van der Waals surface area contributed by atoms with Crippen molar-refractivity contribution in [2.45, 2.75) is 0 Å². The Bertz CT molecular complexity index is 173. The summed E-state index contributed by atoms with van der Waals surface area (Å²) in [4.78, 5) is 10.5. The standard InChI is InChI=1S/C5H5BrO3/c1-8-3-2-9-5(7)4(3)6/h2H2,1H3. The summed E-state index contributed by atoms with van der Waals surface area (Å²) < 4.78 is 9.76. The summed E-state index contributed by atoms with van der Waals surface area (Å²) in [7, 11) is 1.50. The van der Waals surface area contributed by atoms with Crippen LogP contribution in [-0.2, 0) is 14.3 Å². The predicted octanol–water partition coefficient (Wildman–Crippen LogP) is 0.796. The SMILES string of the molecule is COC1=C(Br)C(=O)OC1. The number of esters is 1. The first-order valence-electron chi connectivity index (χ1n) is 2.35. The maximum Gasteiger partial charge on any atom is 0.349 e. The third-order valence-electron chi connectivity index (χ3n) is 1.00. The first-order chi connectivity index (χ1) is 4.25. The first-order valence-corrected chi connectivity index (χ1v) is 3.14. The molecule has 0 fully saturated rings. The van der Waals surface area contributed by atoms with Crippen molar-refractivity contribution in [3.05, 3.63) is 10.2 Å². The lowest BCUT2D eigenvalue weighted by atomic mass is 10.5. The molecule has 0 bridgehead atoms. The van der Waals surface area contributed by atoms with E-state index in [-0.39, 0.29) is 12.6 Å². The van der Waals surface area contributed by atoms with Gasteiger partial charge < -0.3 is 9.47 Å². The number of hydrogen-bond acceptors (Lipinski definition) is 3. The number of methoxy groups -OCH3 is 1. The van der Waals surface area contributed by atoms with Crippen molar-refractivity contribution in [2.24, 2.45) is 0 Å². The van der Waals surface area contributed by atoms with Gasteiger partial charge in [-0.15, -0.1) is 0 Å². The topological polar surface area (TPSA) is 35.5 Å². The molecule has 0 aromatic rings. The fourth-order valence-electron chi connectivity index (χ4n) is 0.520. The third kappa shape index (κ3) is 1.08. The molecule has 0 atom stereocenters. The highest BCUT2D eigenvalue weighted by molar-refractivity contribution is 9.12. The van der Waals surface area contributed by atoms with E-state index in [0.29, 0.717) is 10.2 Å². The molecular formula is C5H5BrO3. The number of cyclic esters (lactones) is 1. The van der Waals surface area contributed by atoms with Crippen molar-refractivity contribution in [3.63, 3.8) is 0 Å². The number of halogens is 1. The zero-order valence-electron chi connectivity index (χ0n) is 4.81. The van der Waals surface area contributed by atoms with Gasteiger partial charge in [0.2, 0.25) is 0 Å². The van der Waals surface area contributed by atoms with Gasteiger partial charge >= 0.3 is 5.97 Å². The molecule has 1 heterocycles.